The van der Waals surface area contributed by atoms with Gasteiger partial charge in [0.15, 0.2) is 6.61 Å². The van der Waals surface area contributed by atoms with E-state index in [2.05, 4.69) is 5.32 Å². The SMILES string of the molecule is CCC[C@@H](C)NC(=O)COC(=O)/C=C/c1ccccc1OCC. The lowest BCUT2D eigenvalue weighted by Gasteiger charge is -2.12. The molecule has 126 valence electrons. The van der Waals surface area contributed by atoms with Crippen LogP contribution in [0.1, 0.15) is 39.2 Å². The molecule has 0 fully saturated rings. The van der Waals surface area contributed by atoms with Crippen LogP contribution in [0, 0.1) is 0 Å². The Morgan fingerprint density at radius 2 is 2.00 bits per heavy atom. The Hall–Kier alpha value is -2.30. The molecule has 0 unspecified atom stereocenters. The van der Waals surface area contributed by atoms with E-state index in [1.165, 1.54) is 6.08 Å². The summed E-state index contributed by atoms with van der Waals surface area (Å²) in [5, 5.41) is 2.78. The highest BCUT2D eigenvalue weighted by atomic mass is 16.5. The van der Waals surface area contributed by atoms with Crippen molar-refractivity contribution in [2.75, 3.05) is 13.2 Å². The number of carbonyl (C=O) groups is 2. The molecule has 0 aliphatic carbocycles. The first kappa shape index (κ1) is 18.7. The van der Waals surface area contributed by atoms with Gasteiger partial charge in [-0.05, 0) is 32.4 Å². The summed E-state index contributed by atoms with van der Waals surface area (Å²) in [5.41, 5.74) is 0.785. The van der Waals surface area contributed by atoms with Crippen molar-refractivity contribution in [1.29, 1.82) is 0 Å². The van der Waals surface area contributed by atoms with E-state index < -0.39 is 5.97 Å². The standard InChI is InChI=1S/C18H25NO4/c1-4-8-14(3)19-17(20)13-23-18(21)12-11-15-9-6-7-10-16(15)22-5-2/h6-7,9-12,14H,4-5,8,13H2,1-3H3,(H,19,20)/b12-11+/t14-/m1/s1. The minimum absolute atomic E-state index is 0.0832. The molecule has 1 atom stereocenters. The molecule has 1 aromatic carbocycles. The molecule has 1 N–H and O–H groups in total. The van der Waals surface area contributed by atoms with Crippen molar-refractivity contribution in [3.05, 3.63) is 35.9 Å². The number of hydrogen-bond donors (Lipinski definition) is 1. The number of rotatable bonds is 9. The highest BCUT2D eigenvalue weighted by Crippen LogP contribution is 2.19. The predicted octanol–water partition coefficient (Wildman–Crippen LogP) is 2.95. The zero-order valence-corrected chi connectivity index (χ0v) is 14.0. The summed E-state index contributed by atoms with van der Waals surface area (Å²) in [4.78, 5) is 23.3. The maximum absolute atomic E-state index is 11.7. The van der Waals surface area contributed by atoms with E-state index in [0.717, 1.165) is 18.4 Å². The molecular weight excluding hydrogens is 294 g/mol. The van der Waals surface area contributed by atoms with Gasteiger partial charge in [0.25, 0.3) is 5.91 Å². The van der Waals surface area contributed by atoms with Crippen LogP contribution in [0.5, 0.6) is 5.75 Å². The summed E-state index contributed by atoms with van der Waals surface area (Å²) in [6.45, 7) is 6.14. The highest BCUT2D eigenvalue weighted by Gasteiger charge is 2.08. The summed E-state index contributed by atoms with van der Waals surface area (Å²) < 4.78 is 10.4. The Bertz CT molecular complexity index is 540. The van der Waals surface area contributed by atoms with Crippen molar-refractivity contribution in [3.8, 4) is 5.75 Å². The Labute approximate surface area is 137 Å². The van der Waals surface area contributed by atoms with Crippen LogP contribution in [0.2, 0.25) is 0 Å². The molecule has 0 aromatic heterocycles. The second-order valence-corrected chi connectivity index (χ2v) is 5.17. The molecule has 0 aliphatic rings. The number of carbonyl (C=O) groups excluding carboxylic acids is 2. The van der Waals surface area contributed by atoms with E-state index >= 15 is 0 Å². The van der Waals surface area contributed by atoms with Gasteiger partial charge in [0, 0.05) is 17.7 Å². The molecule has 0 bridgehead atoms. The fourth-order valence-corrected chi connectivity index (χ4v) is 2.07. The Morgan fingerprint density at radius 3 is 2.70 bits per heavy atom. The number of amides is 1. The normalized spacial score (nSPS) is 12.0. The van der Waals surface area contributed by atoms with E-state index in [4.69, 9.17) is 9.47 Å². The maximum atomic E-state index is 11.7. The van der Waals surface area contributed by atoms with E-state index in [9.17, 15) is 9.59 Å². The summed E-state index contributed by atoms with van der Waals surface area (Å²) in [5.74, 6) is -0.151. The average molecular weight is 319 g/mol. The molecule has 0 aliphatic heterocycles. The van der Waals surface area contributed by atoms with Crippen LogP contribution in [-0.4, -0.2) is 31.1 Å². The topological polar surface area (TPSA) is 64.6 Å². The van der Waals surface area contributed by atoms with Crippen molar-refractivity contribution < 1.29 is 19.1 Å². The van der Waals surface area contributed by atoms with Crippen LogP contribution in [-0.2, 0) is 14.3 Å². The smallest absolute Gasteiger partial charge is 0.331 e. The Kier molecular flexibility index (Phi) is 8.50. The molecule has 0 spiro atoms. The number of ether oxygens (including phenoxy) is 2. The fraction of sp³-hybridized carbons (Fsp3) is 0.444. The van der Waals surface area contributed by atoms with Gasteiger partial charge < -0.3 is 14.8 Å². The minimum atomic E-state index is -0.561. The molecule has 0 heterocycles. The second-order valence-electron chi connectivity index (χ2n) is 5.17. The van der Waals surface area contributed by atoms with E-state index in [1.54, 1.807) is 6.08 Å². The van der Waals surface area contributed by atoms with Gasteiger partial charge in [0.05, 0.1) is 6.61 Å². The molecule has 1 rings (SSSR count). The number of hydrogen-bond acceptors (Lipinski definition) is 4. The van der Waals surface area contributed by atoms with Gasteiger partial charge in [0.1, 0.15) is 5.75 Å². The van der Waals surface area contributed by atoms with Crippen molar-refractivity contribution >= 4 is 18.0 Å². The molecule has 0 saturated carbocycles. The molecule has 5 heteroatoms. The summed E-state index contributed by atoms with van der Waals surface area (Å²) in [7, 11) is 0. The zero-order chi connectivity index (χ0) is 17.1. The largest absolute Gasteiger partial charge is 0.493 e. The second kappa shape index (κ2) is 10.4. The molecule has 23 heavy (non-hydrogen) atoms. The van der Waals surface area contributed by atoms with Crippen LogP contribution >= 0.6 is 0 Å². The molecular formula is C18H25NO4. The van der Waals surface area contributed by atoms with Gasteiger partial charge in [-0.15, -0.1) is 0 Å². The van der Waals surface area contributed by atoms with Gasteiger partial charge in [-0.25, -0.2) is 4.79 Å². The van der Waals surface area contributed by atoms with Crippen LogP contribution in [0.15, 0.2) is 30.3 Å². The van der Waals surface area contributed by atoms with Crippen LogP contribution in [0.25, 0.3) is 6.08 Å². The lowest BCUT2D eigenvalue weighted by Crippen LogP contribution is -2.35. The zero-order valence-electron chi connectivity index (χ0n) is 14.0. The van der Waals surface area contributed by atoms with Crippen molar-refractivity contribution in [2.24, 2.45) is 0 Å². The molecule has 1 aromatic rings. The first-order valence-corrected chi connectivity index (χ1v) is 7.92. The van der Waals surface area contributed by atoms with Crippen molar-refractivity contribution in [2.45, 2.75) is 39.7 Å². The quantitative estimate of drug-likeness (QED) is 0.561. The summed E-state index contributed by atoms with van der Waals surface area (Å²) in [6.07, 6.45) is 4.79. The van der Waals surface area contributed by atoms with E-state index in [1.807, 2.05) is 45.0 Å². The minimum Gasteiger partial charge on any atom is -0.493 e. The van der Waals surface area contributed by atoms with Gasteiger partial charge >= 0.3 is 5.97 Å². The number of para-hydroxylation sites is 1. The van der Waals surface area contributed by atoms with Crippen LogP contribution in [0.3, 0.4) is 0 Å². The molecule has 1 amide bonds. The third kappa shape index (κ3) is 7.49. The summed E-state index contributed by atoms with van der Waals surface area (Å²) in [6, 6.07) is 7.48. The van der Waals surface area contributed by atoms with Crippen molar-refractivity contribution in [3.63, 3.8) is 0 Å². The monoisotopic (exact) mass is 319 g/mol. The third-order valence-electron chi connectivity index (χ3n) is 3.09. The van der Waals surface area contributed by atoms with Crippen LogP contribution in [0.4, 0.5) is 0 Å². The van der Waals surface area contributed by atoms with Crippen molar-refractivity contribution in [1.82, 2.24) is 5.32 Å². The first-order valence-electron chi connectivity index (χ1n) is 7.92. The van der Waals surface area contributed by atoms with Gasteiger partial charge in [-0.2, -0.15) is 0 Å². The van der Waals surface area contributed by atoms with Gasteiger partial charge in [0.2, 0.25) is 0 Å². The summed E-state index contributed by atoms with van der Waals surface area (Å²) >= 11 is 0. The molecule has 0 saturated heterocycles. The Morgan fingerprint density at radius 1 is 1.26 bits per heavy atom. The van der Waals surface area contributed by atoms with Gasteiger partial charge in [-0.3, -0.25) is 4.79 Å². The number of nitrogens with one attached hydrogen (secondary N) is 1. The average Bonchev–Trinajstić information content (AvgIpc) is 2.52. The first-order chi connectivity index (χ1) is 11.1. The molecule has 5 nitrogen and oxygen atoms in total. The third-order valence-corrected chi connectivity index (χ3v) is 3.09. The lowest BCUT2D eigenvalue weighted by molar-refractivity contribution is -0.144. The fourth-order valence-electron chi connectivity index (χ4n) is 2.07. The van der Waals surface area contributed by atoms with E-state index in [0.29, 0.717) is 12.4 Å². The predicted molar refractivity (Wildman–Crippen MR) is 90.1 cm³/mol. The lowest BCUT2D eigenvalue weighted by atomic mass is 10.2. The van der Waals surface area contributed by atoms with E-state index in [-0.39, 0.29) is 18.6 Å². The maximum Gasteiger partial charge on any atom is 0.331 e. The Balaban J connectivity index is 2.46. The highest BCUT2D eigenvalue weighted by molar-refractivity contribution is 5.89. The molecule has 0 radical (unpaired) electrons. The number of benzene rings is 1. The van der Waals surface area contributed by atoms with Gasteiger partial charge in [-0.1, -0.05) is 31.5 Å². The number of esters is 1. The van der Waals surface area contributed by atoms with Crippen LogP contribution < -0.4 is 10.1 Å².